The highest BCUT2D eigenvalue weighted by Gasteiger charge is 2.68. The van der Waals surface area contributed by atoms with E-state index in [9.17, 15) is 10.2 Å². The minimum absolute atomic E-state index is 0.0914. The van der Waals surface area contributed by atoms with Crippen LogP contribution in [-0.2, 0) is 10.5 Å². The molecule has 2 N–H and O–H groups in total. The van der Waals surface area contributed by atoms with Crippen molar-refractivity contribution in [2.75, 3.05) is 0 Å². The second kappa shape index (κ2) is 4.25. The van der Waals surface area contributed by atoms with Gasteiger partial charge in [-0.25, -0.2) is 0 Å². The van der Waals surface area contributed by atoms with Crippen LogP contribution in [0.5, 0.6) is 17.2 Å². The first-order valence-electron chi connectivity index (χ1n) is 8.24. The second-order valence-electron chi connectivity index (χ2n) is 6.72. The Bertz CT molecular complexity index is 1000. The first-order valence-corrected chi connectivity index (χ1v) is 8.24. The summed E-state index contributed by atoms with van der Waals surface area (Å²) in [5, 5.41) is 22.5. The monoisotopic (exact) mass is 334 g/mol. The molecule has 5 heteroatoms. The summed E-state index contributed by atoms with van der Waals surface area (Å²) < 4.78 is 18.4. The number of phenolic OH excluding ortho intramolecular Hbond substituents is 1. The number of aromatic hydroxyl groups is 1. The van der Waals surface area contributed by atoms with E-state index in [2.05, 4.69) is 0 Å². The molecule has 0 amide bonds. The molecule has 124 valence electrons. The summed E-state index contributed by atoms with van der Waals surface area (Å²) in [6, 6.07) is 16.5. The minimum atomic E-state index is -1.21. The van der Waals surface area contributed by atoms with E-state index in [-0.39, 0.29) is 11.9 Å². The summed E-state index contributed by atoms with van der Waals surface area (Å²) in [6.07, 6.45) is -1.56. The Morgan fingerprint density at radius 3 is 2.36 bits per heavy atom. The number of epoxide rings is 1. The summed E-state index contributed by atoms with van der Waals surface area (Å²) in [7, 11) is 0. The summed E-state index contributed by atoms with van der Waals surface area (Å²) in [5.74, 6) is 0.299. The number of rotatable bonds is 0. The standard InChI is InChI=1S/C20H14O5/c21-11-7-8-12-13(9-11)20(19-18(23-19)17(12)22)24-14-5-1-3-10-4-2-6-15(25-20)16(10)14/h1-9,17-19,21-22H/t17-,18?,19?/m1/s1. The molecule has 2 unspecified atom stereocenters. The molecule has 2 aliphatic heterocycles. The van der Waals surface area contributed by atoms with Gasteiger partial charge in [0.05, 0.1) is 5.39 Å². The summed E-state index contributed by atoms with van der Waals surface area (Å²) >= 11 is 0. The first-order chi connectivity index (χ1) is 12.2. The Morgan fingerprint density at radius 2 is 1.64 bits per heavy atom. The maximum Gasteiger partial charge on any atom is 0.307 e. The highest BCUT2D eigenvalue weighted by Crippen LogP contribution is 2.57. The quantitative estimate of drug-likeness (QED) is 0.619. The summed E-state index contributed by atoms with van der Waals surface area (Å²) in [4.78, 5) is 0. The van der Waals surface area contributed by atoms with Crippen LogP contribution in [0.1, 0.15) is 17.2 Å². The third kappa shape index (κ3) is 1.59. The molecule has 0 aromatic heterocycles. The molecule has 2 heterocycles. The third-order valence-electron chi connectivity index (χ3n) is 5.29. The second-order valence-corrected chi connectivity index (χ2v) is 6.72. The van der Waals surface area contributed by atoms with Crippen molar-refractivity contribution in [3.05, 3.63) is 65.7 Å². The molecular weight excluding hydrogens is 320 g/mol. The van der Waals surface area contributed by atoms with Crippen molar-refractivity contribution in [2.45, 2.75) is 24.1 Å². The Hall–Kier alpha value is -2.76. The van der Waals surface area contributed by atoms with E-state index < -0.39 is 18.0 Å². The number of fused-ring (bicyclic) bond motifs is 4. The molecule has 3 atom stereocenters. The number of ether oxygens (including phenoxy) is 3. The van der Waals surface area contributed by atoms with Gasteiger partial charge in [-0.15, -0.1) is 0 Å². The van der Waals surface area contributed by atoms with Crippen molar-refractivity contribution in [2.24, 2.45) is 0 Å². The van der Waals surface area contributed by atoms with Gasteiger partial charge < -0.3 is 24.4 Å². The van der Waals surface area contributed by atoms with E-state index in [1.807, 2.05) is 36.4 Å². The van der Waals surface area contributed by atoms with Gasteiger partial charge in [-0.1, -0.05) is 30.3 Å². The lowest BCUT2D eigenvalue weighted by Gasteiger charge is -2.41. The van der Waals surface area contributed by atoms with E-state index in [0.29, 0.717) is 22.6 Å². The van der Waals surface area contributed by atoms with Crippen molar-refractivity contribution >= 4 is 10.8 Å². The highest BCUT2D eigenvalue weighted by molar-refractivity contribution is 5.94. The predicted molar refractivity (Wildman–Crippen MR) is 88.6 cm³/mol. The number of hydrogen-bond acceptors (Lipinski definition) is 5. The molecule has 3 aromatic carbocycles. The first kappa shape index (κ1) is 13.5. The van der Waals surface area contributed by atoms with Gasteiger partial charge in [-0.05, 0) is 35.2 Å². The fourth-order valence-electron chi connectivity index (χ4n) is 4.12. The van der Waals surface area contributed by atoms with Gasteiger partial charge in [0.15, 0.2) is 6.10 Å². The molecule has 1 fully saturated rings. The van der Waals surface area contributed by atoms with Crippen LogP contribution in [0.15, 0.2) is 54.6 Å². The van der Waals surface area contributed by atoms with E-state index >= 15 is 0 Å². The summed E-state index contributed by atoms with van der Waals surface area (Å²) in [6.45, 7) is 0. The molecule has 0 saturated carbocycles. The Morgan fingerprint density at radius 1 is 0.920 bits per heavy atom. The third-order valence-corrected chi connectivity index (χ3v) is 5.29. The van der Waals surface area contributed by atoms with Crippen LogP contribution in [0.4, 0.5) is 0 Å². The number of benzene rings is 3. The zero-order valence-corrected chi connectivity index (χ0v) is 13.0. The Labute approximate surface area is 143 Å². The topological polar surface area (TPSA) is 71.5 Å². The molecule has 6 rings (SSSR count). The zero-order chi connectivity index (χ0) is 16.8. The zero-order valence-electron chi connectivity index (χ0n) is 13.0. The van der Waals surface area contributed by atoms with Crippen molar-refractivity contribution < 1.29 is 24.4 Å². The SMILES string of the molecule is Oc1ccc2c(c1)C1(Oc3cccc4cccc(c34)O1)C1OC1[C@@H]2O. The lowest BCUT2D eigenvalue weighted by molar-refractivity contribution is -0.148. The van der Waals surface area contributed by atoms with Crippen LogP contribution in [0.2, 0.25) is 0 Å². The van der Waals surface area contributed by atoms with Crippen molar-refractivity contribution in [3.63, 3.8) is 0 Å². The Balaban J connectivity index is 1.63. The van der Waals surface area contributed by atoms with Crippen LogP contribution in [-0.4, -0.2) is 22.4 Å². The van der Waals surface area contributed by atoms with E-state index in [4.69, 9.17) is 14.2 Å². The van der Waals surface area contributed by atoms with Gasteiger partial charge in [0, 0.05) is 5.56 Å². The molecule has 1 aliphatic carbocycles. The minimum Gasteiger partial charge on any atom is -0.508 e. The highest BCUT2D eigenvalue weighted by atomic mass is 16.8. The van der Waals surface area contributed by atoms with E-state index in [0.717, 1.165) is 10.8 Å². The molecule has 1 spiro atoms. The lowest BCUT2D eigenvalue weighted by atomic mass is 9.83. The van der Waals surface area contributed by atoms with Crippen LogP contribution >= 0.6 is 0 Å². The van der Waals surface area contributed by atoms with Gasteiger partial charge in [-0.2, -0.15) is 0 Å². The number of aliphatic hydroxyl groups is 1. The van der Waals surface area contributed by atoms with Gasteiger partial charge in [0.2, 0.25) is 0 Å². The number of hydrogen-bond donors (Lipinski definition) is 2. The molecule has 25 heavy (non-hydrogen) atoms. The normalized spacial score (nSPS) is 27.2. The van der Waals surface area contributed by atoms with Gasteiger partial charge in [0.25, 0.3) is 0 Å². The van der Waals surface area contributed by atoms with E-state index in [1.165, 1.54) is 0 Å². The molecule has 5 nitrogen and oxygen atoms in total. The fraction of sp³-hybridized carbons (Fsp3) is 0.200. The van der Waals surface area contributed by atoms with Crippen LogP contribution < -0.4 is 9.47 Å². The molecule has 0 radical (unpaired) electrons. The number of aliphatic hydroxyl groups excluding tert-OH is 1. The fourth-order valence-corrected chi connectivity index (χ4v) is 4.12. The molecule has 3 aromatic rings. The molecule has 1 saturated heterocycles. The predicted octanol–water partition coefficient (Wildman–Crippen LogP) is 2.98. The van der Waals surface area contributed by atoms with Crippen LogP contribution in [0.3, 0.4) is 0 Å². The van der Waals surface area contributed by atoms with Gasteiger partial charge in [-0.3, -0.25) is 0 Å². The molecular formula is C20H14O5. The largest absolute Gasteiger partial charge is 0.508 e. The van der Waals surface area contributed by atoms with Crippen LogP contribution in [0.25, 0.3) is 10.8 Å². The van der Waals surface area contributed by atoms with Crippen molar-refractivity contribution in [1.82, 2.24) is 0 Å². The lowest BCUT2D eigenvalue weighted by Crippen LogP contribution is -2.50. The van der Waals surface area contributed by atoms with Crippen molar-refractivity contribution in [1.29, 1.82) is 0 Å². The average molecular weight is 334 g/mol. The summed E-state index contributed by atoms with van der Waals surface area (Å²) in [5.41, 5.74) is 1.26. The maximum atomic E-state index is 10.5. The van der Waals surface area contributed by atoms with Crippen LogP contribution in [0, 0.1) is 0 Å². The molecule has 3 aliphatic rings. The Kier molecular flexibility index (Phi) is 2.30. The number of phenols is 1. The average Bonchev–Trinajstić information content (AvgIpc) is 3.42. The smallest absolute Gasteiger partial charge is 0.307 e. The van der Waals surface area contributed by atoms with Gasteiger partial charge >= 0.3 is 5.79 Å². The molecule has 0 bridgehead atoms. The van der Waals surface area contributed by atoms with Gasteiger partial charge in [0.1, 0.15) is 29.5 Å². The van der Waals surface area contributed by atoms with Crippen molar-refractivity contribution in [3.8, 4) is 17.2 Å². The van der Waals surface area contributed by atoms with E-state index in [1.54, 1.807) is 18.2 Å². The maximum absolute atomic E-state index is 10.5.